The Balaban J connectivity index is 2.49. The molecule has 0 spiro atoms. The molecule has 0 saturated heterocycles. The van der Waals surface area contributed by atoms with Crippen molar-refractivity contribution in [2.45, 2.75) is 25.8 Å². The molecule has 2 heteroatoms. The highest BCUT2D eigenvalue weighted by Crippen LogP contribution is 2.34. The zero-order valence-corrected chi connectivity index (χ0v) is 8.80. The second kappa shape index (κ2) is 3.54. The van der Waals surface area contributed by atoms with Crippen molar-refractivity contribution in [3.8, 4) is 0 Å². The fourth-order valence-electron chi connectivity index (χ4n) is 2.19. The summed E-state index contributed by atoms with van der Waals surface area (Å²) in [6.07, 6.45) is 6.23. The first-order valence-corrected chi connectivity index (χ1v) is 5.04. The Morgan fingerprint density at radius 3 is 3.00 bits per heavy atom. The standard InChI is InChI=1S/C12H16N2/c1-8(2)10-6-14-7-11-9(10)4-5-12(11)13-3/h6-7,12-13H,1,4-5H2,2-3H3. The van der Waals surface area contributed by atoms with Crippen LogP contribution in [0.3, 0.4) is 0 Å². The maximum atomic E-state index is 4.27. The number of fused-ring (bicyclic) bond motifs is 1. The Bertz CT molecular complexity index is 369. The van der Waals surface area contributed by atoms with Gasteiger partial charge in [0.2, 0.25) is 0 Å². The van der Waals surface area contributed by atoms with E-state index in [1.54, 1.807) is 0 Å². The minimum Gasteiger partial charge on any atom is -0.313 e. The van der Waals surface area contributed by atoms with Gasteiger partial charge in [-0.05, 0) is 49.1 Å². The minimum atomic E-state index is 0.483. The number of pyridine rings is 1. The van der Waals surface area contributed by atoms with Crippen molar-refractivity contribution in [1.82, 2.24) is 10.3 Å². The number of rotatable bonds is 2. The molecule has 1 atom stereocenters. The summed E-state index contributed by atoms with van der Waals surface area (Å²) in [7, 11) is 2.01. The lowest BCUT2D eigenvalue weighted by molar-refractivity contribution is 0.589. The van der Waals surface area contributed by atoms with E-state index >= 15 is 0 Å². The van der Waals surface area contributed by atoms with E-state index in [1.807, 2.05) is 26.4 Å². The predicted octanol–water partition coefficient (Wildman–Crippen LogP) is 2.32. The smallest absolute Gasteiger partial charge is 0.0345 e. The number of nitrogens with zero attached hydrogens (tertiary/aromatic N) is 1. The molecule has 74 valence electrons. The van der Waals surface area contributed by atoms with E-state index in [-0.39, 0.29) is 0 Å². The molecular weight excluding hydrogens is 172 g/mol. The lowest BCUT2D eigenvalue weighted by atomic mass is 10.0. The largest absolute Gasteiger partial charge is 0.313 e. The van der Waals surface area contributed by atoms with Gasteiger partial charge in [-0.15, -0.1) is 0 Å². The molecule has 2 nitrogen and oxygen atoms in total. The third-order valence-corrected chi connectivity index (χ3v) is 2.96. The third-order valence-electron chi connectivity index (χ3n) is 2.96. The molecule has 1 heterocycles. The van der Waals surface area contributed by atoms with Crippen molar-refractivity contribution >= 4 is 5.57 Å². The molecule has 0 bridgehead atoms. The van der Waals surface area contributed by atoms with Crippen LogP contribution in [0.1, 0.15) is 36.1 Å². The predicted molar refractivity (Wildman–Crippen MR) is 59.1 cm³/mol. The molecule has 0 amide bonds. The summed E-state index contributed by atoms with van der Waals surface area (Å²) in [5.41, 5.74) is 5.14. The monoisotopic (exact) mass is 188 g/mol. The van der Waals surface area contributed by atoms with Crippen LogP contribution in [-0.2, 0) is 6.42 Å². The number of nitrogens with one attached hydrogen (secondary N) is 1. The van der Waals surface area contributed by atoms with Gasteiger partial charge >= 0.3 is 0 Å². The molecule has 2 rings (SSSR count). The normalized spacial score (nSPS) is 19.4. The van der Waals surface area contributed by atoms with Gasteiger partial charge in [-0.25, -0.2) is 0 Å². The summed E-state index contributed by atoms with van der Waals surface area (Å²) >= 11 is 0. The van der Waals surface area contributed by atoms with Crippen LogP contribution in [-0.4, -0.2) is 12.0 Å². The Labute approximate surface area is 85.1 Å². The van der Waals surface area contributed by atoms with Gasteiger partial charge in [0.05, 0.1) is 0 Å². The van der Waals surface area contributed by atoms with Crippen LogP contribution in [0.15, 0.2) is 19.0 Å². The zero-order valence-electron chi connectivity index (χ0n) is 8.80. The van der Waals surface area contributed by atoms with Crippen molar-refractivity contribution in [3.05, 3.63) is 35.7 Å². The maximum absolute atomic E-state index is 4.27. The molecule has 0 fully saturated rings. The summed E-state index contributed by atoms with van der Waals surface area (Å²) in [4.78, 5) is 4.27. The van der Waals surface area contributed by atoms with E-state index in [2.05, 4.69) is 16.9 Å². The second-order valence-electron chi connectivity index (χ2n) is 3.92. The average molecular weight is 188 g/mol. The first-order valence-electron chi connectivity index (χ1n) is 5.04. The van der Waals surface area contributed by atoms with Crippen LogP contribution in [0.2, 0.25) is 0 Å². The highest BCUT2D eigenvalue weighted by atomic mass is 14.9. The lowest BCUT2D eigenvalue weighted by Gasteiger charge is -2.10. The maximum Gasteiger partial charge on any atom is 0.0345 e. The first kappa shape index (κ1) is 9.41. The molecular formula is C12H16N2. The van der Waals surface area contributed by atoms with Crippen LogP contribution in [0.4, 0.5) is 0 Å². The van der Waals surface area contributed by atoms with Crippen molar-refractivity contribution in [2.75, 3.05) is 7.05 Å². The van der Waals surface area contributed by atoms with Crippen LogP contribution >= 0.6 is 0 Å². The summed E-state index contributed by atoms with van der Waals surface area (Å²) in [5.74, 6) is 0. The second-order valence-corrected chi connectivity index (χ2v) is 3.92. The topological polar surface area (TPSA) is 24.9 Å². The Morgan fingerprint density at radius 2 is 2.36 bits per heavy atom. The Morgan fingerprint density at radius 1 is 1.57 bits per heavy atom. The molecule has 0 aromatic carbocycles. The molecule has 1 N–H and O–H groups in total. The Hall–Kier alpha value is -1.15. The fourth-order valence-corrected chi connectivity index (χ4v) is 2.19. The molecule has 0 aliphatic heterocycles. The molecule has 1 aliphatic rings. The number of allylic oxidation sites excluding steroid dienone is 1. The lowest BCUT2D eigenvalue weighted by Crippen LogP contribution is -2.13. The Kier molecular flexibility index (Phi) is 2.38. The van der Waals surface area contributed by atoms with Crippen molar-refractivity contribution < 1.29 is 0 Å². The van der Waals surface area contributed by atoms with E-state index in [9.17, 15) is 0 Å². The number of hydrogen-bond acceptors (Lipinski definition) is 2. The van der Waals surface area contributed by atoms with Gasteiger partial charge in [-0.3, -0.25) is 4.98 Å². The van der Waals surface area contributed by atoms with E-state index in [0.717, 1.165) is 12.0 Å². The molecule has 1 aromatic rings. The van der Waals surface area contributed by atoms with Crippen molar-refractivity contribution in [3.63, 3.8) is 0 Å². The molecule has 0 saturated carbocycles. The third kappa shape index (κ3) is 1.36. The van der Waals surface area contributed by atoms with Gasteiger partial charge in [-0.2, -0.15) is 0 Å². The fraction of sp³-hybridized carbons (Fsp3) is 0.417. The van der Waals surface area contributed by atoms with Gasteiger partial charge in [0.25, 0.3) is 0 Å². The summed E-state index contributed by atoms with van der Waals surface area (Å²) < 4.78 is 0. The molecule has 1 unspecified atom stereocenters. The molecule has 1 aromatic heterocycles. The van der Waals surface area contributed by atoms with Crippen LogP contribution in [0.25, 0.3) is 5.57 Å². The van der Waals surface area contributed by atoms with E-state index in [0.29, 0.717) is 6.04 Å². The van der Waals surface area contributed by atoms with Crippen molar-refractivity contribution in [2.24, 2.45) is 0 Å². The van der Waals surface area contributed by atoms with Gasteiger partial charge < -0.3 is 5.32 Å². The average Bonchev–Trinajstić information content (AvgIpc) is 2.59. The van der Waals surface area contributed by atoms with Gasteiger partial charge in [-0.1, -0.05) is 6.58 Å². The summed E-state index contributed by atoms with van der Waals surface area (Å²) in [5, 5.41) is 3.32. The van der Waals surface area contributed by atoms with Crippen LogP contribution in [0.5, 0.6) is 0 Å². The SMILES string of the molecule is C=C(C)c1cncc2c1CCC2NC. The minimum absolute atomic E-state index is 0.483. The van der Waals surface area contributed by atoms with Gasteiger partial charge in [0.15, 0.2) is 0 Å². The number of aromatic nitrogens is 1. The first-order chi connectivity index (χ1) is 6.74. The van der Waals surface area contributed by atoms with Gasteiger partial charge in [0.1, 0.15) is 0 Å². The molecule has 0 radical (unpaired) electrons. The molecule has 14 heavy (non-hydrogen) atoms. The van der Waals surface area contributed by atoms with E-state index in [1.165, 1.54) is 23.1 Å². The van der Waals surface area contributed by atoms with Crippen molar-refractivity contribution in [1.29, 1.82) is 0 Å². The highest BCUT2D eigenvalue weighted by molar-refractivity contribution is 5.65. The molecule has 1 aliphatic carbocycles. The quantitative estimate of drug-likeness (QED) is 0.770. The van der Waals surface area contributed by atoms with E-state index < -0.39 is 0 Å². The van der Waals surface area contributed by atoms with Crippen LogP contribution < -0.4 is 5.32 Å². The number of hydrogen-bond donors (Lipinski definition) is 1. The van der Waals surface area contributed by atoms with Gasteiger partial charge in [0, 0.05) is 18.4 Å². The zero-order chi connectivity index (χ0) is 10.1. The highest BCUT2D eigenvalue weighted by Gasteiger charge is 2.23. The van der Waals surface area contributed by atoms with E-state index in [4.69, 9.17) is 0 Å². The summed E-state index contributed by atoms with van der Waals surface area (Å²) in [6, 6.07) is 0.483. The summed E-state index contributed by atoms with van der Waals surface area (Å²) in [6.45, 7) is 6.04. The van der Waals surface area contributed by atoms with Crippen LogP contribution in [0, 0.1) is 0 Å².